The summed E-state index contributed by atoms with van der Waals surface area (Å²) in [4.78, 5) is 33.0. The van der Waals surface area contributed by atoms with Crippen LogP contribution in [0.4, 0.5) is 0 Å². The van der Waals surface area contributed by atoms with Crippen molar-refractivity contribution in [3.8, 4) is 5.69 Å². The van der Waals surface area contributed by atoms with E-state index in [0.29, 0.717) is 22.6 Å². The topological polar surface area (TPSA) is 55.2 Å². The van der Waals surface area contributed by atoms with Crippen LogP contribution in [-0.2, 0) is 11.3 Å². The van der Waals surface area contributed by atoms with Crippen LogP contribution in [-0.4, -0.2) is 32.7 Å². The number of carbonyl (C=O) groups excluding carboxylic acids is 1. The molecule has 0 N–H and O–H groups in total. The molecule has 4 rings (SSSR count). The lowest BCUT2D eigenvalue weighted by Gasteiger charge is -2.22. The summed E-state index contributed by atoms with van der Waals surface area (Å²) in [5.74, 6) is -0.0161. The number of nitrogens with zero attached hydrogens (tertiary/aromatic N) is 3. The molecule has 1 amide bonds. The predicted molar refractivity (Wildman–Crippen MR) is 130 cm³/mol. The molecule has 3 aromatic carbocycles. The van der Waals surface area contributed by atoms with E-state index in [2.05, 4.69) is 0 Å². The molecular weight excluding hydrogens is 418 g/mol. The first-order valence-electron chi connectivity index (χ1n) is 10.5. The van der Waals surface area contributed by atoms with E-state index in [0.717, 1.165) is 16.8 Å². The van der Waals surface area contributed by atoms with Crippen molar-refractivity contribution < 1.29 is 4.79 Å². The number of para-hydroxylation sites is 2. The van der Waals surface area contributed by atoms with E-state index in [-0.39, 0.29) is 11.5 Å². The molecule has 1 atom stereocenters. The Balaban J connectivity index is 1.70. The Kier molecular flexibility index (Phi) is 6.42. The molecule has 0 aliphatic carbocycles. The lowest BCUT2D eigenvalue weighted by atomic mass is 10.2. The molecule has 0 saturated heterocycles. The maximum absolute atomic E-state index is 13.4. The molecule has 0 aliphatic rings. The number of hydrogen-bond acceptors (Lipinski definition) is 4. The summed E-state index contributed by atoms with van der Waals surface area (Å²) in [6.07, 6.45) is 0. The van der Waals surface area contributed by atoms with Crippen LogP contribution >= 0.6 is 11.8 Å². The van der Waals surface area contributed by atoms with E-state index in [4.69, 9.17) is 4.98 Å². The number of aryl methyl sites for hydroxylation is 1. The number of fused-ring (bicyclic) bond motifs is 1. The molecule has 0 radical (unpaired) electrons. The zero-order chi connectivity index (χ0) is 22.7. The molecule has 0 saturated carbocycles. The fourth-order valence-corrected chi connectivity index (χ4v) is 4.71. The Bertz CT molecular complexity index is 1320. The molecule has 1 heterocycles. The van der Waals surface area contributed by atoms with Crippen LogP contribution in [0.15, 0.2) is 88.8 Å². The minimum absolute atomic E-state index is 0.0161. The predicted octanol–water partition coefficient (Wildman–Crippen LogP) is 4.83. The van der Waals surface area contributed by atoms with Gasteiger partial charge < -0.3 is 4.90 Å². The molecule has 32 heavy (non-hydrogen) atoms. The molecule has 6 heteroatoms. The van der Waals surface area contributed by atoms with E-state index < -0.39 is 5.25 Å². The minimum atomic E-state index is -0.410. The highest BCUT2D eigenvalue weighted by atomic mass is 32.2. The van der Waals surface area contributed by atoms with E-state index in [1.807, 2.05) is 86.6 Å². The lowest BCUT2D eigenvalue weighted by Crippen LogP contribution is -2.33. The van der Waals surface area contributed by atoms with Gasteiger partial charge in [-0.2, -0.15) is 0 Å². The van der Waals surface area contributed by atoms with E-state index in [1.165, 1.54) is 11.8 Å². The molecule has 0 bridgehead atoms. The van der Waals surface area contributed by atoms with Gasteiger partial charge in [0.25, 0.3) is 5.56 Å². The highest BCUT2D eigenvalue weighted by molar-refractivity contribution is 8.00. The third-order valence-electron chi connectivity index (χ3n) is 5.37. The third-order valence-corrected chi connectivity index (χ3v) is 6.41. The van der Waals surface area contributed by atoms with Crippen LogP contribution in [0.2, 0.25) is 0 Å². The quantitative estimate of drug-likeness (QED) is 0.316. The van der Waals surface area contributed by atoms with E-state index in [1.54, 1.807) is 22.6 Å². The first-order chi connectivity index (χ1) is 15.5. The fourth-order valence-electron chi connectivity index (χ4n) is 3.67. The third kappa shape index (κ3) is 4.46. The first kappa shape index (κ1) is 21.8. The van der Waals surface area contributed by atoms with E-state index >= 15 is 0 Å². The number of aromatic nitrogens is 2. The number of hydrogen-bond donors (Lipinski definition) is 0. The van der Waals surface area contributed by atoms with Crippen LogP contribution < -0.4 is 5.56 Å². The summed E-state index contributed by atoms with van der Waals surface area (Å²) in [5, 5.41) is 0.657. The highest BCUT2D eigenvalue weighted by Crippen LogP contribution is 2.27. The first-order valence-corrected chi connectivity index (χ1v) is 11.4. The largest absolute Gasteiger partial charge is 0.340 e. The van der Waals surface area contributed by atoms with Gasteiger partial charge in [0.15, 0.2) is 5.16 Å². The monoisotopic (exact) mass is 443 g/mol. The maximum Gasteiger partial charge on any atom is 0.266 e. The summed E-state index contributed by atoms with van der Waals surface area (Å²) in [6.45, 7) is 4.35. The van der Waals surface area contributed by atoms with Gasteiger partial charge in [-0.05, 0) is 43.2 Å². The molecule has 1 unspecified atom stereocenters. The normalized spacial score (nSPS) is 12.0. The van der Waals surface area contributed by atoms with E-state index in [9.17, 15) is 9.59 Å². The van der Waals surface area contributed by atoms with Crippen LogP contribution in [0, 0.1) is 6.92 Å². The van der Waals surface area contributed by atoms with Gasteiger partial charge in [0, 0.05) is 13.6 Å². The molecule has 5 nitrogen and oxygen atoms in total. The number of carbonyl (C=O) groups is 1. The smallest absolute Gasteiger partial charge is 0.266 e. The lowest BCUT2D eigenvalue weighted by molar-refractivity contribution is -0.129. The zero-order valence-corrected chi connectivity index (χ0v) is 19.2. The van der Waals surface area contributed by atoms with Crippen molar-refractivity contribution in [1.82, 2.24) is 14.5 Å². The maximum atomic E-state index is 13.4. The average molecular weight is 444 g/mol. The Morgan fingerprint density at radius 2 is 1.66 bits per heavy atom. The molecule has 4 aromatic rings. The second-order valence-electron chi connectivity index (χ2n) is 7.78. The number of thioether (sulfide) groups is 1. The molecule has 162 valence electrons. The van der Waals surface area contributed by atoms with Gasteiger partial charge in [-0.25, -0.2) is 4.98 Å². The van der Waals surface area contributed by atoms with Crippen molar-refractivity contribution in [3.05, 3.63) is 100 Å². The minimum Gasteiger partial charge on any atom is -0.340 e. The van der Waals surface area contributed by atoms with Gasteiger partial charge in [-0.15, -0.1) is 0 Å². The second-order valence-corrected chi connectivity index (χ2v) is 9.09. The molecule has 0 spiro atoms. The Labute approximate surface area is 191 Å². The molecule has 0 fully saturated rings. The Hall–Kier alpha value is -3.38. The molecular formula is C26H25N3O2S. The van der Waals surface area contributed by atoms with Gasteiger partial charge in [0.05, 0.1) is 21.8 Å². The SMILES string of the molecule is Cc1ccccc1-n1c(SC(C)C(=O)N(C)Cc2ccccc2)nc2ccccc2c1=O. The summed E-state index contributed by atoms with van der Waals surface area (Å²) in [6, 6.07) is 24.9. The van der Waals surface area contributed by atoms with Crippen molar-refractivity contribution >= 4 is 28.6 Å². The van der Waals surface area contributed by atoms with Gasteiger partial charge in [0.1, 0.15) is 0 Å². The van der Waals surface area contributed by atoms with Gasteiger partial charge >= 0.3 is 0 Å². The fraction of sp³-hybridized carbons (Fsp3) is 0.192. The van der Waals surface area contributed by atoms with Crippen molar-refractivity contribution in [2.45, 2.75) is 30.8 Å². The summed E-state index contributed by atoms with van der Waals surface area (Å²) >= 11 is 1.31. The standard InChI is InChI=1S/C26H25N3O2S/c1-18-11-7-10-16-23(18)29-25(31)21-14-8-9-15-22(21)27-26(29)32-19(2)24(30)28(3)17-20-12-5-4-6-13-20/h4-16,19H,17H2,1-3H3. The van der Waals surface area contributed by atoms with Crippen LogP contribution in [0.25, 0.3) is 16.6 Å². The van der Waals surface area contributed by atoms with Gasteiger partial charge in [-0.3, -0.25) is 14.2 Å². The summed E-state index contributed by atoms with van der Waals surface area (Å²) in [7, 11) is 1.80. The van der Waals surface area contributed by atoms with Crippen molar-refractivity contribution in [2.75, 3.05) is 7.05 Å². The van der Waals surface area contributed by atoms with Gasteiger partial charge in [-0.1, -0.05) is 72.4 Å². The number of amides is 1. The summed E-state index contributed by atoms with van der Waals surface area (Å²) in [5.41, 5.74) is 3.30. The average Bonchev–Trinajstić information content (AvgIpc) is 2.80. The van der Waals surface area contributed by atoms with Gasteiger partial charge in [0.2, 0.25) is 5.91 Å². The van der Waals surface area contributed by atoms with Crippen LogP contribution in [0.1, 0.15) is 18.1 Å². The molecule has 1 aromatic heterocycles. The highest BCUT2D eigenvalue weighted by Gasteiger charge is 2.23. The molecule has 0 aliphatic heterocycles. The summed E-state index contributed by atoms with van der Waals surface area (Å²) < 4.78 is 1.63. The van der Waals surface area contributed by atoms with Crippen molar-refractivity contribution in [2.24, 2.45) is 0 Å². The second kappa shape index (κ2) is 9.40. The van der Waals surface area contributed by atoms with Crippen molar-refractivity contribution in [3.63, 3.8) is 0 Å². The Morgan fingerprint density at radius 1 is 1.00 bits per heavy atom. The Morgan fingerprint density at radius 3 is 2.41 bits per heavy atom. The van der Waals surface area contributed by atoms with Crippen LogP contribution in [0.5, 0.6) is 0 Å². The number of rotatable bonds is 6. The van der Waals surface area contributed by atoms with Crippen LogP contribution in [0.3, 0.4) is 0 Å². The number of benzene rings is 3. The zero-order valence-electron chi connectivity index (χ0n) is 18.4. The van der Waals surface area contributed by atoms with Crippen molar-refractivity contribution in [1.29, 1.82) is 0 Å².